The van der Waals surface area contributed by atoms with Gasteiger partial charge in [0.2, 0.25) is 0 Å². The molecule has 0 radical (unpaired) electrons. The SMILES string of the molecule is CCCC(=O)OC(C(=O)CCC(C)(C)CCC(=O)CC(N)Cc1cc(F)ccc1F)C(N)Cc1ccccc1. The predicted molar refractivity (Wildman–Crippen MR) is 148 cm³/mol. The number of nitrogens with two attached hydrogens (primary N) is 2. The minimum Gasteiger partial charge on any atom is -0.453 e. The van der Waals surface area contributed by atoms with Gasteiger partial charge in [0.15, 0.2) is 11.9 Å². The van der Waals surface area contributed by atoms with Crippen LogP contribution in [0.1, 0.15) is 76.8 Å². The quantitative estimate of drug-likeness (QED) is 0.264. The van der Waals surface area contributed by atoms with Gasteiger partial charge in [-0.3, -0.25) is 14.4 Å². The van der Waals surface area contributed by atoms with Crippen molar-refractivity contribution < 1.29 is 27.9 Å². The molecule has 0 amide bonds. The van der Waals surface area contributed by atoms with Gasteiger partial charge in [-0.15, -0.1) is 0 Å². The standard InChI is InChI=1S/C31H42F2N2O4/c1-4-8-29(38)39-30(27(35)17-21-9-6-5-7-10-21)28(37)14-16-31(2,3)15-13-25(36)20-24(34)19-22-18-23(32)11-12-26(22)33/h5-7,9-12,18,24,27,30H,4,8,13-17,19-20,34-35H2,1-3H3. The van der Waals surface area contributed by atoms with Gasteiger partial charge in [-0.1, -0.05) is 51.1 Å². The number of Topliss-reactive ketones (excluding diaryl/α,β-unsaturated/α-hetero) is 2. The highest BCUT2D eigenvalue weighted by atomic mass is 19.1. The van der Waals surface area contributed by atoms with Crippen LogP contribution >= 0.6 is 0 Å². The smallest absolute Gasteiger partial charge is 0.306 e. The fraction of sp³-hybridized carbons (Fsp3) is 0.516. The first kappa shape index (κ1) is 32.2. The van der Waals surface area contributed by atoms with E-state index in [2.05, 4.69) is 0 Å². The van der Waals surface area contributed by atoms with Crippen LogP contribution in [0.4, 0.5) is 8.78 Å². The van der Waals surface area contributed by atoms with E-state index in [1.807, 2.05) is 51.1 Å². The van der Waals surface area contributed by atoms with Crippen molar-refractivity contribution in [2.75, 3.05) is 0 Å². The molecule has 2 rings (SSSR count). The van der Waals surface area contributed by atoms with Crippen LogP contribution in [-0.4, -0.2) is 35.7 Å². The molecule has 3 unspecified atom stereocenters. The van der Waals surface area contributed by atoms with E-state index in [-0.39, 0.29) is 54.6 Å². The molecule has 0 bridgehead atoms. The molecule has 0 aromatic heterocycles. The van der Waals surface area contributed by atoms with Crippen LogP contribution in [0.25, 0.3) is 0 Å². The molecule has 4 N–H and O–H groups in total. The van der Waals surface area contributed by atoms with Gasteiger partial charge >= 0.3 is 5.97 Å². The van der Waals surface area contributed by atoms with Crippen molar-refractivity contribution in [2.24, 2.45) is 16.9 Å². The average Bonchev–Trinajstić information content (AvgIpc) is 2.87. The highest BCUT2D eigenvalue weighted by Gasteiger charge is 2.31. The van der Waals surface area contributed by atoms with Crippen molar-refractivity contribution in [1.82, 2.24) is 0 Å². The van der Waals surface area contributed by atoms with Crippen LogP contribution in [0.3, 0.4) is 0 Å². The van der Waals surface area contributed by atoms with E-state index in [0.29, 0.717) is 25.7 Å². The number of hydrogen-bond donors (Lipinski definition) is 2. The molecule has 0 aliphatic heterocycles. The first-order chi connectivity index (χ1) is 18.4. The zero-order chi connectivity index (χ0) is 29.0. The highest BCUT2D eigenvalue weighted by molar-refractivity contribution is 5.86. The summed E-state index contributed by atoms with van der Waals surface area (Å²) in [5.74, 6) is -1.85. The lowest BCUT2D eigenvalue weighted by molar-refractivity contribution is -0.156. The first-order valence-corrected chi connectivity index (χ1v) is 13.6. The molecule has 0 heterocycles. The lowest BCUT2D eigenvalue weighted by Gasteiger charge is -2.27. The average molecular weight is 545 g/mol. The third kappa shape index (κ3) is 11.8. The third-order valence-corrected chi connectivity index (χ3v) is 6.84. The number of esters is 1. The van der Waals surface area contributed by atoms with Gasteiger partial charge in [-0.05, 0) is 66.8 Å². The van der Waals surface area contributed by atoms with Crippen molar-refractivity contribution in [3.8, 4) is 0 Å². The first-order valence-electron chi connectivity index (χ1n) is 13.6. The maximum Gasteiger partial charge on any atom is 0.306 e. The summed E-state index contributed by atoms with van der Waals surface area (Å²) in [5, 5.41) is 0. The van der Waals surface area contributed by atoms with E-state index in [0.717, 1.165) is 23.8 Å². The van der Waals surface area contributed by atoms with E-state index >= 15 is 0 Å². The van der Waals surface area contributed by atoms with Crippen molar-refractivity contribution in [3.63, 3.8) is 0 Å². The fourth-order valence-corrected chi connectivity index (χ4v) is 4.45. The van der Waals surface area contributed by atoms with Gasteiger partial charge in [0.25, 0.3) is 0 Å². The normalized spacial score (nSPS) is 13.9. The summed E-state index contributed by atoms with van der Waals surface area (Å²) in [6.45, 7) is 5.80. The molecule has 0 saturated carbocycles. The van der Waals surface area contributed by atoms with Crippen LogP contribution < -0.4 is 11.5 Å². The summed E-state index contributed by atoms with van der Waals surface area (Å²) in [5.41, 5.74) is 13.1. The van der Waals surface area contributed by atoms with E-state index in [1.165, 1.54) is 0 Å². The Balaban J connectivity index is 1.89. The summed E-state index contributed by atoms with van der Waals surface area (Å²) in [4.78, 5) is 37.9. The molecule has 0 saturated heterocycles. The zero-order valence-corrected chi connectivity index (χ0v) is 23.3. The number of hydrogen-bond acceptors (Lipinski definition) is 6. The molecular weight excluding hydrogens is 502 g/mol. The van der Waals surface area contributed by atoms with E-state index in [4.69, 9.17) is 16.2 Å². The molecular formula is C31H42F2N2O4. The lowest BCUT2D eigenvalue weighted by atomic mass is 9.80. The van der Waals surface area contributed by atoms with Gasteiger partial charge < -0.3 is 16.2 Å². The second kappa shape index (κ2) is 15.6. The number of ether oxygens (including phenoxy) is 1. The monoisotopic (exact) mass is 544 g/mol. The van der Waals surface area contributed by atoms with Crippen molar-refractivity contribution in [1.29, 1.82) is 0 Å². The molecule has 8 heteroatoms. The zero-order valence-electron chi connectivity index (χ0n) is 23.3. The number of rotatable bonds is 17. The molecule has 6 nitrogen and oxygen atoms in total. The van der Waals surface area contributed by atoms with Crippen molar-refractivity contribution >= 4 is 17.5 Å². The second-order valence-corrected chi connectivity index (χ2v) is 11.1. The minimum atomic E-state index is -1.04. The van der Waals surface area contributed by atoms with Gasteiger partial charge in [-0.25, -0.2) is 8.78 Å². The Bertz CT molecular complexity index is 1090. The molecule has 0 spiro atoms. The number of benzene rings is 2. The molecule has 2 aromatic carbocycles. The fourth-order valence-electron chi connectivity index (χ4n) is 4.45. The molecule has 0 aliphatic carbocycles. The Morgan fingerprint density at radius 2 is 1.59 bits per heavy atom. The Kier molecular flexibility index (Phi) is 12.9. The van der Waals surface area contributed by atoms with Gasteiger partial charge in [0, 0.05) is 31.7 Å². The van der Waals surface area contributed by atoms with Crippen LogP contribution in [-0.2, 0) is 32.0 Å². The summed E-state index contributed by atoms with van der Waals surface area (Å²) in [6, 6.07) is 11.4. The number of ketones is 2. The largest absolute Gasteiger partial charge is 0.453 e. The third-order valence-electron chi connectivity index (χ3n) is 6.84. The Labute approximate surface area is 230 Å². The van der Waals surface area contributed by atoms with Crippen LogP contribution in [0.15, 0.2) is 48.5 Å². The van der Waals surface area contributed by atoms with E-state index in [9.17, 15) is 23.2 Å². The van der Waals surface area contributed by atoms with E-state index < -0.39 is 35.8 Å². The van der Waals surface area contributed by atoms with E-state index in [1.54, 1.807) is 0 Å². The van der Waals surface area contributed by atoms with Gasteiger partial charge in [0.05, 0.1) is 6.04 Å². The summed E-state index contributed by atoms with van der Waals surface area (Å²) in [7, 11) is 0. The van der Waals surface area contributed by atoms with Gasteiger partial charge in [0.1, 0.15) is 17.4 Å². The molecule has 3 atom stereocenters. The molecule has 2 aromatic rings. The van der Waals surface area contributed by atoms with Crippen LogP contribution in [0.2, 0.25) is 0 Å². The topological polar surface area (TPSA) is 112 Å². The number of carbonyl (C=O) groups excluding carboxylic acids is 3. The Hall–Kier alpha value is -2.97. The molecule has 39 heavy (non-hydrogen) atoms. The Morgan fingerprint density at radius 3 is 2.26 bits per heavy atom. The molecule has 0 aliphatic rings. The van der Waals surface area contributed by atoms with Crippen LogP contribution in [0, 0.1) is 17.0 Å². The maximum atomic E-state index is 13.9. The van der Waals surface area contributed by atoms with Crippen LogP contribution in [0.5, 0.6) is 0 Å². The second-order valence-electron chi connectivity index (χ2n) is 11.1. The lowest BCUT2D eigenvalue weighted by Crippen LogP contribution is -2.45. The summed E-state index contributed by atoms with van der Waals surface area (Å²) < 4.78 is 32.8. The Morgan fingerprint density at radius 1 is 0.923 bits per heavy atom. The highest BCUT2D eigenvalue weighted by Crippen LogP contribution is 2.30. The maximum absolute atomic E-state index is 13.9. The van der Waals surface area contributed by atoms with Crippen molar-refractivity contribution in [3.05, 3.63) is 71.3 Å². The number of halogens is 2. The predicted octanol–water partition coefficient (Wildman–Crippen LogP) is 5.23. The minimum absolute atomic E-state index is 0.0504. The number of carbonyl (C=O) groups is 3. The summed E-state index contributed by atoms with van der Waals surface area (Å²) >= 11 is 0. The molecule has 0 fully saturated rings. The van der Waals surface area contributed by atoms with Crippen molar-refractivity contribution in [2.45, 2.75) is 96.7 Å². The summed E-state index contributed by atoms with van der Waals surface area (Å²) in [6.07, 6.45) is 1.71. The van der Waals surface area contributed by atoms with Gasteiger partial charge in [-0.2, -0.15) is 0 Å². The molecule has 214 valence electrons.